The number of fused-ring (bicyclic) bond motifs is 1. The molecule has 0 bridgehead atoms. The predicted octanol–water partition coefficient (Wildman–Crippen LogP) is 5.53. The number of aryl methyl sites for hydroxylation is 3. The van der Waals surface area contributed by atoms with Gasteiger partial charge >= 0.3 is 0 Å². The van der Waals surface area contributed by atoms with Crippen LogP contribution < -0.4 is 9.47 Å². The fourth-order valence-corrected chi connectivity index (χ4v) is 4.18. The maximum absolute atomic E-state index is 6.15. The summed E-state index contributed by atoms with van der Waals surface area (Å²) >= 11 is 0. The molecule has 0 aliphatic carbocycles. The van der Waals surface area contributed by atoms with E-state index in [9.17, 15) is 0 Å². The van der Waals surface area contributed by atoms with Crippen LogP contribution in [0.25, 0.3) is 21.9 Å². The molecule has 208 valence electrons. The number of rotatable bonds is 18. The van der Waals surface area contributed by atoms with Crippen LogP contribution >= 0.6 is 0 Å². The molecule has 0 heterocycles. The number of hydrogen-bond acceptors (Lipinski definition) is 7. The van der Waals surface area contributed by atoms with Crippen molar-refractivity contribution in [2.24, 2.45) is 0 Å². The summed E-state index contributed by atoms with van der Waals surface area (Å²) in [4.78, 5) is 0. The van der Waals surface area contributed by atoms with E-state index in [0.717, 1.165) is 33.6 Å². The van der Waals surface area contributed by atoms with Crippen molar-refractivity contribution in [3.63, 3.8) is 0 Å². The largest absolute Gasteiger partial charge is 0.491 e. The van der Waals surface area contributed by atoms with Gasteiger partial charge in [0.15, 0.2) is 0 Å². The van der Waals surface area contributed by atoms with Crippen molar-refractivity contribution in [2.45, 2.75) is 20.8 Å². The minimum absolute atomic E-state index is 0.487. The van der Waals surface area contributed by atoms with Gasteiger partial charge in [-0.15, -0.1) is 0 Å². The zero-order chi connectivity index (χ0) is 27.2. The first-order valence-electron chi connectivity index (χ1n) is 13.2. The van der Waals surface area contributed by atoms with Crippen molar-refractivity contribution >= 4 is 10.8 Å². The molecule has 0 aliphatic rings. The maximum Gasteiger partial charge on any atom is 0.127 e. The molecule has 3 aromatic rings. The third-order valence-corrected chi connectivity index (χ3v) is 6.01. The third-order valence-electron chi connectivity index (χ3n) is 6.01. The molecule has 0 saturated heterocycles. The van der Waals surface area contributed by atoms with Crippen LogP contribution in [0.15, 0.2) is 42.5 Å². The van der Waals surface area contributed by atoms with Crippen molar-refractivity contribution in [1.82, 2.24) is 0 Å². The van der Waals surface area contributed by atoms with Gasteiger partial charge in [-0.1, -0.05) is 18.2 Å². The second kappa shape index (κ2) is 16.3. The molecule has 0 amide bonds. The van der Waals surface area contributed by atoms with E-state index >= 15 is 0 Å². The Balaban J connectivity index is 1.66. The molecule has 0 fully saturated rings. The first-order chi connectivity index (χ1) is 18.5. The average Bonchev–Trinajstić information content (AvgIpc) is 2.90. The van der Waals surface area contributed by atoms with E-state index in [2.05, 4.69) is 57.2 Å². The third kappa shape index (κ3) is 9.26. The Morgan fingerprint density at radius 1 is 0.500 bits per heavy atom. The highest BCUT2D eigenvalue weighted by Gasteiger charge is 2.12. The van der Waals surface area contributed by atoms with Crippen LogP contribution in [0.2, 0.25) is 0 Å². The van der Waals surface area contributed by atoms with Crippen LogP contribution in [-0.2, 0) is 23.7 Å². The SMILES string of the molecule is COCCOCCOCCOc1ccc(-c2cc(C)cc3c(OCCOCCOC)cc(C)cc23)cc1C. The molecule has 3 rings (SSSR count). The topological polar surface area (TPSA) is 64.6 Å². The molecule has 38 heavy (non-hydrogen) atoms. The lowest BCUT2D eigenvalue weighted by Gasteiger charge is -2.16. The van der Waals surface area contributed by atoms with Crippen LogP contribution in [0.4, 0.5) is 0 Å². The van der Waals surface area contributed by atoms with Gasteiger partial charge in [-0.2, -0.15) is 0 Å². The van der Waals surface area contributed by atoms with Crippen LogP contribution in [-0.4, -0.2) is 80.3 Å². The Hall–Kier alpha value is -2.68. The summed E-state index contributed by atoms with van der Waals surface area (Å²) in [5.74, 6) is 1.74. The molecule has 0 atom stereocenters. The van der Waals surface area contributed by atoms with Gasteiger partial charge in [0.05, 0.1) is 52.9 Å². The summed E-state index contributed by atoms with van der Waals surface area (Å²) < 4.78 is 38.7. The van der Waals surface area contributed by atoms with E-state index < -0.39 is 0 Å². The first kappa shape index (κ1) is 29.9. The molecule has 0 radical (unpaired) electrons. The lowest BCUT2D eigenvalue weighted by Crippen LogP contribution is -2.12. The van der Waals surface area contributed by atoms with E-state index in [0.29, 0.717) is 66.1 Å². The Kier molecular flexibility index (Phi) is 12.8. The van der Waals surface area contributed by atoms with Crippen molar-refractivity contribution in [2.75, 3.05) is 80.3 Å². The fraction of sp³-hybridized carbons (Fsp3) is 0.484. The molecule has 7 nitrogen and oxygen atoms in total. The second-order valence-corrected chi connectivity index (χ2v) is 9.17. The van der Waals surface area contributed by atoms with Gasteiger partial charge < -0.3 is 33.2 Å². The van der Waals surface area contributed by atoms with E-state index in [1.807, 2.05) is 6.07 Å². The van der Waals surface area contributed by atoms with Crippen molar-refractivity contribution in [3.8, 4) is 22.6 Å². The maximum atomic E-state index is 6.15. The molecular weight excluding hydrogens is 484 g/mol. The minimum Gasteiger partial charge on any atom is -0.491 e. The lowest BCUT2D eigenvalue weighted by atomic mass is 9.93. The highest BCUT2D eigenvalue weighted by atomic mass is 16.6. The number of benzene rings is 3. The highest BCUT2D eigenvalue weighted by molar-refractivity contribution is 6.01. The molecular formula is C31H42O7. The summed E-state index contributed by atoms with van der Waals surface area (Å²) in [6, 6.07) is 15.1. The van der Waals surface area contributed by atoms with Crippen LogP contribution in [0.3, 0.4) is 0 Å². The van der Waals surface area contributed by atoms with Gasteiger partial charge in [-0.25, -0.2) is 0 Å². The number of ether oxygens (including phenoxy) is 7. The summed E-state index contributed by atoms with van der Waals surface area (Å²) in [5.41, 5.74) is 5.73. The van der Waals surface area contributed by atoms with Gasteiger partial charge in [0.25, 0.3) is 0 Å². The van der Waals surface area contributed by atoms with E-state index in [1.54, 1.807) is 14.2 Å². The van der Waals surface area contributed by atoms with Gasteiger partial charge in [0.1, 0.15) is 24.7 Å². The van der Waals surface area contributed by atoms with Gasteiger partial charge in [0, 0.05) is 19.6 Å². The summed E-state index contributed by atoms with van der Waals surface area (Å²) in [6.45, 7) is 11.7. The Morgan fingerprint density at radius 2 is 1.03 bits per heavy atom. The normalized spacial score (nSPS) is 11.3. The highest BCUT2D eigenvalue weighted by Crippen LogP contribution is 2.37. The minimum atomic E-state index is 0.487. The molecule has 7 heteroatoms. The van der Waals surface area contributed by atoms with Crippen molar-refractivity contribution in [1.29, 1.82) is 0 Å². The van der Waals surface area contributed by atoms with Crippen LogP contribution in [0.1, 0.15) is 16.7 Å². The summed E-state index contributed by atoms with van der Waals surface area (Å²) in [6.07, 6.45) is 0. The van der Waals surface area contributed by atoms with Gasteiger partial charge in [-0.3, -0.25) is 0 Å². The van der Waals surface area contributed by atoms with Crippen molar-refractivity contribution in [3.05, 3.63) is 59.2 Å². The van der Waals surface area contributed by atoms with Crippen molar-refractivity contribution < 1.29 is 33.2 Å². The Labute approximate surface area is 226 Å². The molecule has 0 unspecified atom stereocenters. The molecule has 0 N–H and O–H groups in total. The molecule has 3 aromatic carbocycles. The fourth-order valence-electron chi connectivity index (χ4n) is 4.18. The average molecular weight is 527 g/mol. The first-order valence-corrected chi connectivity index (χ1v) is 13.2. The zero-order valence-corrected chi connectivity index (χ0v) is 23.5. The summed E-state index contributed by atoms with van der Waals surface area (Å²) in [5, 5.41) is 2.27. The van der Waals surface area contributed by atoms with E-state index in [1.165, 1.54) is 16.5 Å². The van der Waals surface area contributed by atoms with E-state index in [4.69, 9.17) is 33.2 Å². The quantitative estimate of drug-likeness (QED) is 0.202. The smallest absolute Gasteiger partial charge is 0.127 e. The predicted molar refractivity (Wildman–Crippen MR) is 151 cm³/mol. The monoisotopic (exact) mass is 526 g/mol. The lowest BCUT2D eigenvalue weighted by molar-refractivity contribution is 0.0179. The number of hydrogen-bond donors (Lipinski definition) is 0. The standard InChI is InChI=1S/C31H42O7/c1-23-18-27(28-19-24(2)21-31(29(28)20-23)38-17-15-35-11-9-33-5)26-6-7-30(25(3)22-26)37-16-14-36-13-12-34-10-8-32-4/h6-7,18-22H,8-17H2,1-5H3. The number of methoxy groups -OCH3 is 2. The van der Waals surface area contributed by atoms with Gasteiger partial charge in [-0.05, 0) is 78.2 Å². The molecule has 0 aliphatic heterocycles. The van der Waals surface area contributed by atoms with Gasteiger partial charge in [0.2, 0.25) is 0 Å². The second-order valence-electron chi connectivity index (χ2n) is 9.17. The molecule has 0 saturated carbocycles. The molecule has 0 spiro atoms. The van der Waals surface area contributed by atoms with Crippen LogP contribution in [0.5, 0.6) is 11.5 Å². The van der Waals surface area contributed by atoms with E-state index in [-0.39, 0.29) is 0 Å². The Bertz CT molecular complexity index is 1130. The summed E-state index contributed by atoms with van der Waals surface area (Å²) in [7, 11) is 3.33. The van der Waals surface area contributed by atoms with Crippen LogP contribution in [0, 0.1) is 20.8 Å². The zero-order valence-electron chi connectivity index (χ0n) is 23.5. The Morgan fingerprint density at radius 3 is 1.63 bits per heavy atom. The molecule has 0 aromatic heterocycles.